The molecular formula is C13H10ClF2N. The zero-order valence-electron chi connectivity index (χ0n) is 8.88. The fourth-order valence-electron chi connectivity index (χ4n) is 1.45. The molecule has 0 bridgehead atoms. The number of hydrogen-bond donors (Lipinski definition) is 1. The predicted octanol–water partition coefficient (Wildman–Crippen LogP) is 4.23. The second-order valence-electron chi connectivity index (χ2n) is 3.58. The number of rotatable bonds is 3. The van der Waals surface area contributed by atoms with Crippen LogP contribution in [0.5, 0.6) is 0 Å². The molecule has 0 heterocycles. The third-order valence-corrected chi connectivity index (χ3v) is 2.67. The van der Waals surface area contributed by atoms with Gasteiger partial charge in [0.15, 0.2) is 11.6 Å². The van der Waals surface area contributed by atoms with E-state index in [2.05, 4.69) is 5.32 Å². The molecule has 0 saturated carbocycles. The predicted molar refractivity (Wildman–Crippen MR) is 65.1 cm³/mol. The van der Waals surface area contributed by atoms with Crippen molar-refractivity contribution in [3.63, 3.8) is 0 Å². The van der Waals surface area contributed by atoms with E-state index in [1.54, 1.807) is 6.07 Å². The maximum absolute atomic E-state index is 13.0. The minimum atomic E-state index is -0.844. The third kappa shape index (κ3) is 2.94. The Hall–Kier alpha value is -1.61. The van der Waals surface area contributed by atoms with Crippen molar-refractivity contribution in [2.45, 2.75) is 6.54 Å². The van der Waals surface area contributed by atoms with Crippen molar-refractivity contribution in [3.05, 3.63) is 64.7 Å². The van der Waals surface area contributed by atoms with Gasteiger partial charge >= 0.3 is 0 Å². The van der Waals surface area contributed by atoms with E-state index in [1.807, 2.05) is 18.2 Å². The molecule has 2 rings (SSSR count). The Bertz CT molecular complexity index is 529. The Kier molecular flexibility index (Phi) is 3.59. The average molecular weight is 254 g/mol. The van der Waals surface area contributed by atoms with Crippen LogP contribution in [-0.4, -0.2) is 0 Å². The molecule has 0 aliphatic carbocycles. The first-order chi connectivity index (χ1) is 8.16. The number of nitrogens with one attached hydrogen (secondary N) is 1. The van der Waals surface area contributed by atoms with Crippen molar-refractivity contribution < 1.29 is 8.78 Å². The summed E-state index contributed by atoms with van der Waals surface area (Å²) in [5, 5.41) is 3.65. The summed E-state index contributed by atoms with van der Waals surface area (Å²) in [6.45, 7) is 0.390. The summed E-state index contributed by atoms with van der Waals surface area (Å²) in [6.07, 6.45) is 0. The molecule has 17 heavy (non-hydrogen) atoms. The van der Waals surface area contributed by atoms with Gasteiger partial charge in [-0.3, -0.25) is 0 Å². The Morgan fingerprint density at radius 2 is 1.76 bits per heavy atom. The van der Waals surface area contributed by atoms with Crippen LogP contribution in [0.4, 0.5) is 14.5 Å². The molecule has 1 N–H and O–H groups in total. The summed E-state index contributed by atoms with van der Waals surface area (Å²) in [6, 6.07) is 11.1. The van der Waals surface area contributed by atoms with Gasteiger partial charge < -0.3 is 5.32 Å². The number of anilines is 1. The first-order valence-corrected chi connectivity index (χ1v) is 5.47. The van der Waals surface area contributed by atoms with E-state index in [9.17, 15) is 8.78 Å². The smallest absolute Gasteiger partial charge is 0.159 e. The van der Waals surface area contributed by atoms with Gasteiger partial charge in [-0.25, -0.2) is 8.78 Å². The summed E-state index contributed by atoms with van der Waals surface area (Å²) in [7, 11) is 0. The van der Waals surface area contributed by atoms with E-state index >= 15 is 0 Å². The van der Waals surface area contributed by atoms with Crippen LogP contribution in [0.15, 0.2) is 42.5 Å². The fraction of sp³-hybridized carbons (Fsp3) is 0.0769. The van der Waals surface area contributed by atoms with Crippen LogP contribution in [0.25, 0.3) is 0 Å². The second kappa shape index (κ2) is 5.15. The van der Waals surface area contributed by atoms with E-state index in [1.165, 1.54) is 12.1 Å². The summed E-state index contributed by atoms with van der Waals surface area (Å²) in [4.78, 5) is 0. The van der Waals surface area contributed by atoms with Crippen LogP contribution < -0.4 is 5.32 Å². The zero-order valence-corrected chi connectivity index (χ0v) is 9.64. The third-order valence-electron chi connectivity index (χ3n) is 2.34. The van der Waals surface area contributed by atoms with E-state index in [-0.39, 0.29) is 0 Å². The molecule has 0 fully saturated rings. The lowest BCUT2D eigenvalue weighted by Crippen LogP contribution is -2.00. The van der Waals surface area contributed by atoms with Crippen LogP contribution in [0, 0.1) is 11.6 Å². The lowest BCUT2D eigenvalue weighted by molar-refractivity contribution is 0.507. The highest BCUT2D eigenvalue weighted by Crippen LogP contribution is 2.21. The van der Waals surface area contributed by atoms with Gasteiger partial charge in [-0.15, -0.1) is 0 Å². The normalized spacial score (nSPS) is 10.3. The van der Waals surface area contributed by atoms with Gasteiger partial charge in [0.25, 0.3) is 0 Å². The maximum atomic E-state index is 13.0. The molecule has 2 aromatic rings. The molecule has 4 heteroatoms. The molecule has 1 nitrogen and oxygen atoms in total. The van der Waals surface area contributed by atoms with Gasteiger partial charge in [-0.2, -0.15) is 0 Å². The largest absolute Gasteiger partial charge is 0.380 e. The van der Waals surface area contributed by atoms with Gasteiger partial charge in [0, 0.05) is 6.54 Å². The number of para-hydroxylation sites is 1. The topological polar surface area (TPSA) is 12.0 Å². The number of benzene rings is 2. The first kappa shape index (κ1) is 11.9. The van der Waals surface area contributed by atoms with E-state index < -0.39 is 11.6 Å². The Morgan fingerprint density at radius 3 is 2.47 bits per heavy atom. The molecule has 0 aliphatic heterocycles. The van der Waals surface area contributed by atoms with Crippen molar-refractivity contribution in [1.29, 1.82) is 0 Å². The van der Waals surface area contributed by atoms with Crippen LogP contribution in [-0.2, 0) is 6.54 Å². The number of halogens is 3. The highest BCUT2D eigenvalue weighted by atomic mass is 35.5. The van der Waals surface area contributed by atoms with E-state index in [0.717, 1.165) is 11.8 Å². The molecule has 0 spiro atoms. The van der Waals surface area contributed by atoms with Gasteiger partial charge in [-0.05, 0) is 29.8 Å². The molecule has 0 atom stereocenters. The molecule has 0 aliphatic rings. The van der Waals surface area contributed by atoms with Crippen molar-refractivity contribution in [3.8, 4) is 0 Å². The SMILES string of the molecule is Fc1ccc(CNc2ccccc2Cl)cc1F. The molecule has 0 amide bonds. The minimum Gasteiger partial charge on any atom is -0.380 e. The zero-order chi connectivity index (χ0) is 12.3. The van der Waals surface area contributed by atoms with E-state index in [4.69, 9.17) is 11.6 Å². The first-order valence-electron chi connectivity index (χ1n) is 5.09. The van der Waals surface area contributed by atoms with Gasteiger partial charge in [-0.1, -0.05) is 29.8 Å². The van der Waals surface area contributed by atoms with Crippen LogP contribution in [0.2, 0.25) is 5.02 Å². The Morgan fingerprint density at radius 1 is 1.00 bits per heavy atom. The van der Waals surface area contributed by atoms with E-state index in [0.29, 0.717) is 17.1 Å². The highest BCUT2D eigenvalue weighted by Gasteiger charge is 2.03. The van der Waals surface area contributed by atoms with Crippen molar-refractivity contribution in [2.24, 2.45) is 0 Å². The highest BCUT2D eigenvalue weighted by molar-refractivity contribution is 6.33. The summed E-state index contributed by atoms with van der Waals surface area (Å²) in [5.74, 6) is -1.69. The molecule has 0 saturated heterocycles. The summed E-state index contributed by atoms with van der Waals surface area (Å²) >= 11 is 5.95. The van der Waals surface area contributed by atoms with Crippen LogP contribution >= 0.6 is 11.6 Å². The monoisotopic (exact) mass is 253 g/mol. The second-order valence-corrected chi connectivity index (χ2v) is 3.99. The summed E-state index contributed by atoms with van der Waals surface area (Å²) in [5.41, 5.74) is 1.42. The molecule has 0 unspecified atom stereocenters. The molecule has 88 valence electrons. The fourth-order valence-corrected chi connectivity index (χ4v) is 1.65. The van der Waals surface area contributed by atoms with Gasteiger partial charge in [0.2, 0.25) is 0 Å². The average Bonchev–Trinajstić information content (AvgIpc) is 2.32. The van der Waals surface area contributed by atoms with Gasteiger partial charge in [0.05, 0.1) is 10.7 Å². The van der Waals surface area contributed by atoms with Crippen molar-refractivity contribution >= 4 is 17.3 Å². The molecule has 2 aromatic carbocycles. The maximum Gasteiger partial charge on any atom is 0.159 e. The summed E-state index contributed by atoms with van der Waals surface area (Å²) < 4.78 is 25.7. The lowest BCUT2D eigenvalue weighted by Gasteiger charge is -2.08. The molecule has 0 aromatic heterocycles. The minimum absolute atomic E-state index is 0.390. The standard InChI is InChI=1S/C13H10ClF2N/c14-10-3-1-2-4-13(10)17-8-9-5-6-11(15)12(16)7-9/h1-7,17H,8H2. The lowest BCUT2D eigenvalue weighted by atomic mass is 10.2. The van der Waals surface area contributed by atoms with Crippen molar-refractivity contribution in [2.75, 3.05) is 5.32 Å². The molecular weight excluding hydrogens is 244 g/mol. The van der Waals surface area contributed by atoms with Crippen LogP contribution in [0.1, 0.15) is 5.56 Å². The van der Waals surface area contributed by atoms with Crippen molar-refractivity contribution in [1.82, 2.24) is 0 Å². The quantitative estimate of drug-likeness (QED) is 0.863. The Labute approximate surface area is 103 Å². The Balaban J connectivity index is 2.08. The van der Waals surface area contributed by atoms with Gasteiger partial charge in [0.1, 0.15) is 0 Å². The van der Waals surface area contributed by atoms with Crippen LogP contribution in [0.3, 0.4) is 0 Å². The number of hydrogen-bond acceptors (Lipinski definition) is 1. The molecule has 0 radical (unpaired) electrons.